The number of hydrogen-bond acceptors (Lipinski definition) is 3. The molecule has 0 unspecified atom stereocenters. The molecule has 0 aromatic heterocycles. The summed E-state index contributed by atoms with van der Waals surface area (Å²) in [6.45, 7) is 7.92. The van der Waals surface area contributed by atoms with Gasteiger partial charge in [-0.15, -0.1) is 11.8 Å². The second-order valence-electron chi connectivity index (χ2n) is 8.04. The number of carbonyl (C=O) groups excluding carboxylic acids is 2. The van der Waals surface area contributed by atoms with E-state index in [0.29, 0.717) is 17.3 Å². The minimum absolute atomic E-state index is 0.0579. The zero-order chi connectivity index (χ0) is 21.4. The highest BCUT2D eigenvalue weighted by Crippen LogP contribution is 2.17. The molecule has 0 saturated heterocycles. The van der Waals surface area contributed by atoms with E-state index in [1.54, 1.807) is 35.7 Å². The van der Waals surface area contributed by atoms with Crippen LogP contribution in [0.5, 0.6) is 0 Å². The van der Waals surface area contributed by atoms with Crippen molar-refractivity contribution in [1.82, 2.24) is 10.2 Å². The third-order valence-corrected chi connectivity index (χ3v) is 5.51. The van der Waals surface area contributed by atoms with Crippen molar-refractivity contribution in [1.29, 1.82) is 0 Å². The highest BCUT2D eigenvalue weighted by Gasteiger charge is 2.28. The number of thioether (sulfide) groups is 1. The summed E-state index contributed by atoms with van der Waals surface area (Å²) in [6.07, 6.45) is 0. The average Bonchev–Trinajstić information content (AvgIpc) is 2.66. The van der Waals surface area contributed by atoms with Crippen molar-refractivity contribution >= 4 is 35.2 Å². The van der Waals surface area contributed by atoms with Crippen LogP contribution < -0.4 is 5.32 Å². The molecule has 4 nitrogen and oxygen atoms in total. The summed E-state index contributed by atoms with van der Waals surface area (Å²) in [5.41, 5.74) is 1.75. The number of nitrogens with one attached hydrogen (secondary N) is 1. The molecule has 0 heterocycles. The standard InChI is InChI=1S/C23H29ClN2O2S/c1-17(22(28)25-23(2,3)4)26(14-18-10-12-20(24)13-11-18)21(27)16-29-15-19-8-6-5-7-9-19/h5-13,17H,14-16H2,1-4H3,(H,25,28)/t17-/m1/s1. The molecular formula is C23H29ClN2O2S. The van der Waals surface area contributed by atoms with Crippen LogP contribution in [-0.2, 0) is 21.9 Å². The van der Waals surface area contributed by atoms with Crippen LogP contribution in [0.15, 0.2) is 54.6 Å². The van der Waals surface area contributed by atoms with Crippen molar-refractivity contribution in [2.75, 3.05) is 5.75 Å². The van der Waals surface area contributed by atoms with Crippen LogP contribution in [-0.4, -0.2) is 34.0 Å². The van der Waals surface area contributed by atoms with Gasteiger partial charge in [0.15, 0.2) is 0 Å². The fraction of sp³-hybridized carbons (Fsp3) is 0.391. The fourth-order valence-electron chi connectivity index (χ4n) is 2.76. The van der Waals surface area contributed by atoms with Gasteiger partial charge in [0.2, 0.25) is 11.8 Å². The molecule has 0 spiro atoms. The lowest BCUT2D eigenvalue weighted by Crippen LogP contribution is -2.52. The van der Waals surface area contributed by atoms with Gasteiger partial charge in [-0.05, 0) is 51.0 Å². The second-order valence-corrected chi connectivity index (χ2v) is 9.46. The number of hydrogen-bond donors (Lipinski definition) is 1. The molecule has 0 aliphatic heterocycles. The van der Waals surface area contributed by atoms with E-state index in [1.807, 2.05) is 63.2 Å². The zero-order valence-electron chi connectivity index (χ0n) is 17.4. The van der Waals surface area contributed by atoms with Gasteiger partial charge in [0.05, 0.1) is 5.75 Å². The Bertz CT molecular complexity index is 804. The molecule has 0 saturated carbocycles. The molecule has 6 heteroatoms. The summed E-state index contributed by atoms with van der Waals surface area (Å²) in [4.78, 5) is 27.4. The van der Waals surface area contributed by atoms with Gasteiger partial charge in [-0.25, -0.2) is 0 Å². The molecule has 0 aliphatic carbocycles. The van der Waals surface area contributed by atoms with Crippen LogP contribution in [0.2, 0.25) is 5.02 Å². The Kier molecular flexibility index (Phi) is 8.60. The van der Waals surface area contributed by atoms with Gasteiger partial charge in [0.1, 0.15) is 6.04 Å². The number of halogens is 1. The third kappa shape index (κ3) is 8.11. The van der Waals surface area contributed by atoms with Crippen molar-refractivity contribution < 1.29 is 9.59 Å². The van der Waals surface area contributed by atoms with E-state index in [0.717, 1.165) is 11.3 Å². The number of nitrogens with zero attached hydrogens (tertiary/aromatic N) is 1. The van der Waals surface area contributed by atoms with Crippen molar-refractivity contribution in [3.63, 3.8) is 0 Å². The second kappa shape index (κ2) is 10.7. The Morgan fingerprint density at radius 2 is 1.66 bits per heavy atom. The molecule has 0 fully saturated rings. The summed E-state index contributed by atoms with van der Waals surface area (Å²) in [7, 11) is 0. The van der Waals surface area contributed by atoms with Gasteiger partial charge in [-0.3, -0.25) is 9.59 Å². The molecule has 0 bridgehead atoms. The van der Waals surface area contributed by atoms with Gasteiger partial charge in [-0.2, -0.15) is 0 Å². The molecule has 29 heavy (non-hydrogen) atoms. The van der Waals surface area contributed by atoms with Gasteiger partial charge in [-0.1, -0.05) is 54.1 Å². The smallest absolute Gasteiger partial charge is 0.242 e. The largest absolute Gasteiger partial charge is 0.350 e. The van der Waals surface area contributed by atoms with E-state index in [4.69, 9.17) is 11.6 Å². The normalized spacial score (nSPS) is 12.3. The van der Waals surface area contributed by atoms with Gasteiger partial charge in [0, 0.05) is 22.9 Å². The average molecular weight is 433 g/mol. The molecule has 1 N–H and O–H groups in total. The van der Waals surface area contributed by atoms with Crippen molar-refractivity contribution in [3.8, 4) is 0 Å². The number of carbonyl (C=O) groups is 2. The van der Waals surface area contributed by atoms with Crippen LogP contribution in [0, 0.1) is 0 Å². The molecule has 0 radical (unpaired) electrons. The van der Waals surface area contributed by atoms with E-state index >= 15 is 0 Å². The Morgan fingerprint density at radius 1 is 1.03 bits per heavy atom. The van der Waals surface area contributed by atoms with E-state index in [1.165, 1.54) is 5.56 Å². The first-order valence-electron chi connectivity index (χ1n) is 9.63. The van der Waals surface area contributed by atoms with Gasteiger partial charge >= 0.3 is 0 Å². The number of benzene rings is 2. The SMILES string of the molecule is C[C@H](C(=O)NC(C)(C)C)N(Cc1ccc(Cl)cc1)C(=O)CSCc1ccccc1. The van der Waals surface area contributed by atoms with Crippen LogP contribution in [0.3, 0.4) is 0 Å². The molecule has 2 amide bonds. The first-order chi connectivity index (χ1) is 13.7. The minimum atomic E-state index is -0.574. The maximum Gasteiger partial charge on any atom is 0.242 e. The van der Waals surface area contributed by atoms with Crippen LogP contribution in [0.1, 0.15) is 38.8 Å². The molecular weight excluding hydrogens is 404 g/mol. The summed E-state index contributed by atoms with van der Waals surface area (Å²) in [5, 5.41) is 3.61. The van der Waals surface area contributed by atoms with E-state index in [2.05, 4.69) is 5.32 Å². The third-order valence-electron chi connectivity index (χ3n) is 4.27. The number of rotatable bonds is 8. The Labute approximate surface area is 183 Å². The lowest BCUT2D eigenvalue weighted by atomic mass is 10.1. The fourth-order valence-corrected chi connectivity index (χ4v) is 3.75. The highest BCUT2D eigenvalue weighted by molar-refractivity contribution is 7.99. The number of amides is 2. The Balaban J connectivity index is 2.08. The van der Waals surface area contributed by atoms with Crippen molar-refractivity contribution in [2.45, 2.75) is 51.6 Å². The lowest BCUT2D eigenvalue weighted by Gasteiger charge is -2.31. The quantitative estimate of drug-likeness (QED) is 0.645. The van der Waals surface area contributed by atoms with E-state index in [-0.39, 0.29) is 17.4 Å². The lowest BCUT2D eigenvalue weighted by molar-refractivity contribution is -0.139. The highest BCUT2D eigenvalue weighted by atomic mass is 35.5. The summed E-state index contributed by atoms with van der Waals surface area (Å²) >= 11 is 7.53. The van der Waals surface area contributed by atoms with E-state index in [9.17, 15) is 9.59 Å². The molecule has 1 atom stereocenters. The maximum atomic E-state index is 13.0. The van der Waals surface area contributed by atoms with E-state index < -0.39 is 6.04 Å². The van der Waals surface area contributed by atoms with Crippen LogP contribution in [0.25, 0.3) is 0 Å². The Morgan fingerprint density at radius 3 is 2.24 bits per heavy atom. The van der Waals surface area contributed by atoms with Crippen molar-refractivity contribution in [2.24, 2.45) is 0 Å². The monoisotopic (exact) mass is 432 g/mol. The minimum Gasteiger partial charge on any atom is -0.350 e. The first kappa shape index (κ1) is 23.3. The molecule has 2 aromatic carbocycles. The molecule has 156 valence electrons. The topological polar surface area (TPSA) is 49.4 Å². The molecule has 2 aromatic rings. The summed E-state index contributed by atoms with van der Waals surface area (Å²) < 4.78 is 0. The summed E-state index contributed by atoms with van der Waals surface area (Å²) in [5.74, 6) is 0.852. The first-order valence-corrected chi connectivity index (χ1v) is 11.2. The predicted octanol–water partition coefficient (Wildman–Crippen LogP) is 4.91. The summed E-state index contributed by atoms with van der Waals surface area (Å²) in [6, 6.07) is 16.8. The van der Waals surface area contributed by atoms with Gasteiger partial charge < -0.3 is 10.2 Å². The maximum absolute atomic E-state index is 13.0. The molecule has 2 rings (SSSR count). The van der Waals surface area contributed by atoms with Crippen LogP contribution in [0.4, 0.5) is 0 Å². The predicted molar refractivity (Wildman–Crippen MR) is 122 cm³/mol. The zero-order valence-corrected chi connectivity index (χ0v) is 19.0. The van der Waals surface area contributed by atoms with Crippen molar-refractivity contribution in [3.05, 3.63) is 70.7 Å². The van der Waals surface area contributed by atoms with Crippen LogP contribution >= 0.6 is 23.4 Å². The Hall–Kier alpha value is -1.98. The molecule has 0 aliphatic rings. The van der Waals surface area contributed by atoms with Gasteiger partial charge in [0.25, 0.3) is 0 Å².